The van der Waals surface area contributed by atoms with Crippen LogP contribution in [-0.4, -0.2) is 46.0 Å². The molecule has 0 unspecified atom stereocenters. The quantitative estimate of drug-likeness (QED) is 0.240. The second-order valence-electron chi connectivity index (χ2n) is 12.1. The van der Waals surface area contributed by atoms with E-state index in [9.17, 15) is 9.59 Å². The maximum atomic E-state index is 16.2. The number of amides is 1. The Balaban J connectivity index is 1.52. The molecule has 1 spiro atoms. The molecule has 0 radical (unpaired) electrons. The van der Waals surface area contributed by atoms with Gasteiger partial charge in [0, 0.05) is 47.2 Å². The zero-order chi connectivity index (χ0) is 30.2. The SMILES string of the molecule is COC(=O)c1ccc2c(c1)nc1n2CC[C@H]2[C@@H]1[C@H](c1cccc(Cl)c1F)[C@]1(C(=O)Nc3cc(Cl)ccc31)N2CCC(C)C. The number of anilines is 1. The average Bonchev–Trinajstić information content (AvgIpc) is 3.59. The van der Waals surface area contributed by atoms with E-state index in [4.69, 9.17) is 32.9 Å². The van der Waals surface area contributed by atoms with E-state index in [1.807, 2.05) is 12.1 Å². The molecule has 7 rings (SSSR count). The van der Waals surface area contributed by atoms with Crippen LogP contribution in [0.3, 0.4) is 0 Å². The highest BCUT2D eigenvalue weighted by atomic mass is 35.5. The number of halogens is 3. The lowest BCUT2D eigenvalue weighted by Gasteiger charge is -2.40. The zero-order valence-electron chi connectivity index (χ0n) is 24.0. The number of ether oxygens (including phenoxy) is 1. The Labute approximate surface area is 258 Å². The molecule has 43 heavy (non-hydrogen) atoms. The van der Waals surface area contributed by atoms with E-state index in [2.05, 4.69) is 28.6 Å². The molecule has 1 fully saturated rings. The minimum absolute atomic E-state index is 0.00611. The lowest BCUT2D eigenvalue weighted by Crippen LogP contribution is -2.52. The number of likely N-dealkylation sites (tertiary alicyclic amines) is 1. The smallest absolute Gasteiger partial charge is 0.337 e. The van der Waals surface area contributed by atoms with Crippen molar-refractivity contribution in [2.24, 2.45) is 5.92 Å². The van der Waals surface area contributed by atoms with E-state index >= 15 is 4.39 Å². The molecule has 0 bridgehead atoms. The van der Waals surface area contributed by atoms with Crippen LogP contribution in [0.25, 0.3) is 11.0 Å². The molecule has 7 nitrogen and oxygen atoms in total. The fourth-order valence-corrected chi connectivity index (χ4v) is 8.08. The van der Waals surface area contributed by atoms with E-state index < -0.39 is 23.2 Å². The average molecular weight is 622 g/mol. The highest BCUT2D eigenvalue weighted by Gasteiger charge is 2.68. The van der Waals surface area contributed by atoms with Gasteiger partial charge in [0.25, 0.3) is 0 Å². The van der Waals surface area contributed by atoms with Crippen LogP contribution in [0.1, 0.15) is 65.8 Å². The van der Waals surface area contributed by atoms with Crippen molar-refractivity contribution < 1.29 is 18.7 Å². The number of aromatic nitrogens is 2. The Hall–Kier alpha value is -3.46. The molecular formula is C33H31Cl2FN4O3. The van der Waals surface area contributed by atoms with Gasteiger partial charge in [-0.2, -0.15) is 0 Å². The summed E-state index contributed by atoms with van der Waals surface area (Å²) in [5.74, 6) is -1.03. The Kier molecular flexibility index (Phi) is 6.80. The van der Waals surface area contributed by atoms with Gasteiger partial charge >= 0.3 is 5.97 Å². The summed E-state index contributed by atoms with van der Waals surface area (Å²) in [6.07, 6.45) is 1.58. The second-order valence-corrected chi connectivity index (χ2v) is 12.9. The maximum absolute atomic E-state index is 16.2. The first kappa shape index (κ1) is 28.3. The first-order valence-corrected chi connectivity index (χ1v) is 15.3. The van der Waals surface area contributed by atoms with E-state index in [1.165, 1.54) is 13.2 Å². The summed E-state index contributed by atoms with van der Waals surface area (Å²) in [5, 5.41) is 3.62. The van der Waals surface area contributed by atoms with Gasteiger partial charge in [0.15, 0.2) is 0 Å². The van der Waals surface area contributed by atoms with Gasteiger partial charge in [-0.25, -0.2) is 14.2 Å². The fourth-order valence-electron chi connectivity index (χ4n) is 7.72. The lowest BCUT2D eigenvalue weighted by molar-refractivity contribution is -0.128. The molecule has 4 heterocycles. The Bertz CT molecular complexity index is 1810. The Morgan fingerprint density at radius 2 is 2.00 bits per heavy atom. The molecular weight excluding hydrogens is 590 g/mol. The maximum Gasteiger partial charge on any atom is 0.337 e. The number of aryl methyl sites for hydroxylation is 1. The molecule has 3 aliphatic heterocycles. The van der Waals surface area contributed by atoms with Gasteiger partial charge in [-0.15, -0.1) is 0 Å². The van der Waals surface area contributed by atoms with Crippen LogP contribution < -0.4 is 5.32 Å². The standard InChI is InChI=1S/C33H31Cl2FN4O3/c1-17(2)11-14-40-26-12-13-39-25-10-7-18(31(41)43-3)15-24(25)37-30(39)27(26)28(20-5-4-6-22(35)29(20)36)33(40)21-9-8-19(34)16-23(21)38-32(33)42/h4-10,15-17,26-28H,11-14H2,1-3H3,(H,38,42)/t26-,27+,28-,33+/m0/s1. The number of benzene rings is 3. The van der Waals surface area contributed by atoms with Gasteiger partial charge in [-0.05, 0) is 60.7 Å². The van der Waals surface area contributed by atoms with Crippen LogP contribution in [0.2, 0.25) is 10.0 Å². The zero-order valence-corrected chi connectivity index (χ0v) is 25.5. The number of carbonyl (C=O) groups is 2. The van der Waals surface area contributed by atoms with Crippen LogP contribution in [0.4, 0.5) is 10.1 Å². The van der Waals surface area contributed by atoms with Crippen molar-refractivity contribution in [2.75, 3.05) is 19.0 Å². The van der Waals surface area contributed by atoms with Gasteiger partial charge in [0.2, 0.25) is 5.91 Å². The van der Waals surface area contributed by atoms with Gasteiger partial charge < -0.3 is 14.6 Å². The molecule has 10 heteroatoms. The number of rotatable bonds is 5. The molecule has 0 saturated carbocycles. The molecule has 222 valence electrons. The number of imidazole rings is 1. The molecule has 4 atom stereocenters. The van der Waals surface area contributed by atoms with Gasteiger partial charge in [0.1, 0.15) is 17.2 Å². The third-order valence-corrected chi connectivity index (χ3v) is 10.0. The van der Waals surface area contributed by atoms with Crippen molar-refractivity contribution in [1.29, 1.82) is 0 Å². The number of esters is 1. The molecule has 0 aliphatic carbocycles. The number of fused-ring (bicyclic) bond motifs is 7. The van der Waals surface area contributed by atoms with Crippen LogP contribution >= 0.6 is 23.2 Å². The monoisotopic (exact) mass is 620 g/mol. The molecule has 4 aromatic rings. The number of hydrogen-bond acceptors (Lipinski definition) is 5. The summed E-state index contributed by atoms with van der Waals surface area (Å²) in [7, 11) is 1.35. The van der Waals surface area contributed by atoms with Crippen molar-refractivity contribution in [3.8, 4) is 0 Å². The molecule has 1 N–H and O–H groups in total. The molecule has 1 aromatic heterocycles. The van der Waals surface area contributed by atoms with Gasteiger partial charge in [-0.1, -0.05) is 55.2 Å². The minimum Gasteiger partial charge on any atom is -0.465 e. The van der Waals surface area contributed by atoms with Crippen LogP contribution in [0.5, 0.6) is 0 Å². The van der Waals surface area contributed by atoms with Crippen molar-refractivity contribution in [1.82, 2.24) is 14.5 Å². The van der Waals surface area contributed by atoms with Gasteiger partial charge in [-0.3, -0.25) is 9.69 Å². The van der Waals surface area contributed by atoms with Crippen molar-refractivity contribution in [3.63, 3.8) is 0 Å². The first-order valence-electron chi connectivity index (χ1n) is 14.6. The summed E-state index contributed by atoms with van der Waals surface area (Å²) in [6, 6.07) is 15.7. The van der Waals surface area contributed by atoms with E-state index in [1.54, 1.807) is 36.4 Å². The highest BCUT2D eigenvalue weighted by molar-refractivity contribution is 6.31. The first-order chi connectivity index (χ1) is 20.7. The second kappa shape index (κ2) is 10.3. The number of carbonyl (C=O) groups excluding carboxylic acids is 2. The van der Waals surface area contributed by atoms with Crippen LogP contribution in [0, 0.1) is 11.7 Å². The third-order valence-electron chi connectivity index (χ3n) is 9.47. The Morgan fingerprint density at radius 1 is 1.19 bits per heavy atom. The third kappa shape index (κ3) is 4.06. The van der Waals surface area contributed by atoms with Crippen LogP contribution in [0.15, 0.2) is 54.6 Å². The molecule has 1 saturated heterocycles. The normalized spacial score (nSPS) is 24.3. The number of nitrogens with one attached hydrogen (secondary N) is 1. The largest absolute Gasteiger partial charge is 0.465 e. The van der Waals surface area contributed by atoms with Crippen molar-refractivity contribution in [2.45, 2.75) is 56.7 Å². The minimum atomic E-state index is -1.22. The van der Waals surface area contributed by atoms with Crippen molar-refractivity contribution in [3.05, 3.63) is 93.0 Å². The predicted molar refractivity (Wildman–Crippen MR) is 164 cm³/mol. The predicted octanol–water partition coefficient (Wildman–Crippen LogP) is 7.12. The number of nitrogens with zero attached hydrogens (tertiary/aromatic N) is 3. The topological polar surface area (TPSA) is 76.5 Å². The molecule has 3 aliphatic rings. The molecule has 3 aromatic carbocycles. The fraction of sp³-hybridized carbons (Fsp3) is 0.364. The van der Waals surface area contributed by atoms with Gasteiger partial charge in [0.05, 0.1) is 28.7 Å². The van der Waals surface area contributed by atoms with Crippen LogP contribution in [-0.2, 0) is 21.6 Å². The summed E-state index contributed by atoms with van der Waals surface area (Å²) in [5.41, 5.74) is 2.51. The summed E-state index contributed by atoms with van der Waals surface area (Å²) in [6.45, 7) is 5.63. The number of methoxy groups -OCH3 is 1. The van der Waals surface area contributed by atoms with E-state index in [-0.39, 0.29) is 22.9 Å². The summed E-state index contributed by atoms with van der Waals surface area (Å²) in [4.78, 5) is 34.3. The Morgan fingerprint density at radius 3 is 2.77 bits per heavy atom. The van der Waals surface area contributed by atoms with Crippen molar-refractivity contribution >= 4 is 51.8 Å². The molecule has 1 amide bonds. The summed E-state index contributed by atoms with van der Waals surface area (Å²) < 4.78 is 23.3. The number of hydrogen-bond donors (Lipinski definition) is 1. The highest BCUT2D eigenvalue weighted by Crippen LogP contribution is 2.64. The van der Waals surface area contributed by atoms with E-state index in [0.717, 1.165) is 29.7 Å². The lowest BCUT2D eigenvalue weighted by atomic mass is 9.70. The summed E-state index contributed by atoms with van der Waals surface area (Å²) >= 11 is 12.8. The van der Waals surface area contributed by atoms with E-state index in [0.29, 0.717) is 46.4 Å².